The van der Waals surface area contributed by atoms with Crippen molar-refractivity contribution in [3.05, 3.63) is 0 Å². The Morgan fingerprint density at radius 1 is 1.40 bits per heavy atom. The van der Waals surface area contributed by atoms with Crippen LogP contribution in [0.1, 0.15) is 26.2 Å². The number of hydrogen-bond donors (Lipinski definition) is 1. The van der Waals surface area contributed by atoms with Crippen LogP contribution in [-0.2, 0) is 0 Å². The van der Waals surface area contributed by atoms with E-state index in [1.807, 2.05) is 0 Å². The molecule has 3 heteroatoms. The molecule has 0 aromatic heterocycles. The third kappa shape index (κ3) is 2.05. The van der Waals surface area contributed by atoms with Gasteiger partial charge in [-0.3, -0.25) is 4.90 Å². The fourth-order valence-corrected chi connectivity index (χ4v) is 3.21. The van der Waals surface area contributed by atoms with E-state index in [-0.39, 0.29) is 0 Å². The Morgan fingerprint density at radius 3 is 2.67 bits per heavy atom. The lowest BCUT2D eigenvalue weighted by Crippen LogP contribution is -2.54. The molecule has 2 fully saturated rings. The van der Waals surface area contributed by atoms with Crippen LogP contribution in [0.15, 0.2) is 0 Å². The minimum Gasteiger partial charge on any atom is -0.329 e. The number of likely N-dealkylation sites (tertiary alicyclic amines) is 2. The van der Waals surface area contributed by atoms with Gasteiger partial charge in [0.05, 0.1) is 0 Å². The molecule has 88 valence electrons. The maximum absolute atomic E-state index is 6.03. The van der Waals surface area contributed by atoms with Crippen molar-refractivity contribution >= 4 is 0 Å². The SMILES string of the molecule is CCC1CCN(C2(CN)CCN(C)C2)C1. The van der Waals surface area contributed by atoms with E-state index in [4.69, 9.17) is 5.73 Å². The third-order valence-corrected chi connectivity index (χ3v) is 4.44. The summed E-state index contributed by atoms with van der Waals surface area (Å²) < 4.78 is 0. The molecular formula is C12H25N3. The first kappa shape index (κ1) is 11.4. The standard InChI is InChI=1S/C12H25N3/c1-3-11-4-6-15(8-11)12(9-13)5-7-14(2)10-12/h11H,3-10,13H2,1-2H3. The summed E-state index contributed by atoms with van der Waals surface area (Å²) in [5, 5.41) is 0. The third-order valence-electron chi connectivity index (χ3n) is 4.44. The maximum atomic E-state index is 6.03. The lowest BCUT2D eigenvalue weighted by Gasteiger charge is -2.38. The average Bonchev–Trinajstić information content (AvgIpc) is 2.84. The fraction of sp³-hybridized carbons (Fsp3) is 1.00. The van der Waals surface area contributed by atoms with Gasteiger partial charge in [0, 0.05) is 25.2 Å². The van der Waals surface area contributed by atoms with Crippen LogP contribution in [-0.4, -0.2) is 55.1 Å². The van der Waals surface area contributed by atoms with E-state index in [2.05, 4.69) is 23.8 Å². The number of nitrogens with two attached hydrogens (primary N) is 1. The fourth-order valence-electron chi connectivity index (χ4n) is 3.21. The molecule has 15 heavy (non-hydrogen) atoms. The van der Waals surface area contributed by atoms with Gasteiger partial charge >= 0.3 is 0 Å². The molecule has 0 aromatic carbocycles. The van der Waals surface area contributed by atoms with Gasteiger partial charge in [-0.1, -0.05) is 13.3 Å². The highest BCUT2D eigenvalue weighted by molar-refractivity contribution is 5.01. The second-order valence-electron chi connectivity index (χ2n) is 5.43. The average molecular weight is 211 g/mol. The van der Waals surface area contributed by atoms with Gasteiger partial charge < -0.3 is 10.6 Å². The van der Waals surface area contributed by atoms with Crippen molar-refractivity contribution in [2.45, 2.75) is 31.7 Å². The van der Waals surface area contributed by atoms with Crippen LogP contribution < -0.4 is 5.73 Å². The summed E-state index contributed by atoms with van der Waals surface area (Å²) in [4.78, 5) is 5.09. The summed E-state index contributed by atoms with van der Waals surface area (Å²) in [6.07, 6.45) is 3.96. The highest BCUT2D eigenvalue weighted by atomic mass is 15.3. The van der Waals surface area contributed by atoms with Crippen molar-refractivity contribution in [2.24, 2.45) is 11.7 Å². The summed E-state index contributed by atoms with van der Waals surface area (Å²) in [5.41, 5.74) is 6.33. The van der Waals surface area contributed by atoms with E-state index in [9.17, 15) is 0 Å². The molecule has 0 radical (unpaired) electrons. The van der Waals surface area contributed by atoms with Gasteiger partial charge in [0.1, 0.15) is 0 Å². The predicted molar refractivity (Wildman–Crippen MR) is 63.9 cm³/mol. The van der Waals surface area contributed by atoms with Crippen LogP contribution in [0, 0.1) is 5.92 Å². The molecule has 2 unspecified atom stereocenters. The predicted octanol–water partition coefficient (Wildman–Crippen LogP) is 0.751. The van der Waals surface area contributed by atoms with Crippen LogP contribution in [0.25, 0.3) is 0 Å². The van der Waals surface area contributed by atoms with Crippen molar-refractivity contribution in [1.29, 1.82) is 0 Å². The minimum absolute atomic E-state index is 0.304. The van der Waals surface area contributed by atoms with Crippen LogP contribution in [0.3, 0.4) is 0 Å². The van der Waals surface area contributed by atoms with Gasteiger partial charge in [0.15, 0.2) is 0 Å². The summed E-state index contributed by atoms with van der Waals surface area (Å²) in [6.45, 7) is 8.06. The monoisotopic (exact) mass is 211 g/mol. The number of likely N-dealkylation sites (N-methyl/N-ethyl adjacent to an activating group) is 1. The highest BCUT2D eigenvalue weighted by Crippen LogP contribution is 2.32. The Balaban J connectivity index is 2.01. The molecule has 0 aliphatic carbocycles. The first-order valence-corrected chi connectivity index (χ1v) is 6.34. The van der Waals surface area contributed by atoms with Crippen LogP contribution >= 0.6 is 0 Å². The molecule has 0 saturated carbocycles. The summed E-state index contributed by atoms with van der Waals surface area (Å²) in [5.74, 6) is 0.916. The zero-order chi connectivity index (χ0) is 10.9. The molecule has 2 saturated heterocycles. The lowest BCUT2D eigenvalue weighted by molar-refractivity contribution is 0.126. The van der Waals surface area contributed by atoms with Gasteiger partial charge in [-0.15, -0.1) is 0 Å². The molecule has 0 amide bonds. The normalized spacial score (nSPS) is 39.0. The van der Waals surface area contributed by atoms with Crippen LogP contribution in [0.5, 0.6) is 0 Å². The number of nitrogens with zero attached hydrogens (tertiary/aromatic N) is 2. The first-order chi connectivity index (χ1) is 7.20. The second-order valence-corrected chi connectivity index (χ2v) is 5.43. The van der Waals surface area contributed by atoms with E-state index in [1.165, 1.54) is 45.4 Å². The largest absolute Gasteiger partial charge is 0.329 e. The van der Waals surface area contributed by atoms with E-state index in [0.29, 0.717) is 5.54 Å². The highest BCUT2D eigenvalue weighted by Gasteiger charge is 2.43. The Labute approximate surface area is 93.6 Å². The zero-order valence-electron chi connectivity index (χ0n) is 10.2. The molecule has 2 atom stereocenters. The number of hydrogen-bond acceptors (Lipinski definition) is 3. The molecular weight excluding hydrogens is 186 g/mol. The lowest BCUT2D eigenvalue weighted by atomic mass is 9.96. The quantitative estimate of drug-likeness (QED) is 0.748. The molecule has 2 aliphatic heterocycles. The van der Waals surface area contributed by atoms with E-state index in [0.717, 1.165) is 12.5 Å². The van der Waals surface area contributed by atoms with Gasteiger partial charge in [-0.25, -0.2) is 0 Å². The zero-order valence-corrected chi connectivity index (χ0v) is 10.2. The Morgan fingerprint density at radius 2 is 2.20 bits per heavy atom. The van der Waals surface area contributed by atoms with E-state index in [1.54, 1.807) is 0 Å². The van der Waals surface area contributed by atoms with E-state index >= 15 is 0 Å². The maximum Gasteiger partial charge on any atom is 0.0470 e. The second kappa shape index (κ2) is 4.40. The smallest absolute Gasteiger partial charge is 0.0470 e. The molecule has 2 N–H and O–H groups in total. The van der Waals surface area contributed by atoms with Crippen molar-refractivity contribution in [3.63, 3.8) is 0 Å². The van der Waals surface area contributed by atoms with Crippen molar-refractivity contribution < 1.29 is 0 Å². The Kier molecular flexibility index (Phi) is 3.33. The molecule has 2 rings (SSSR count). The Hall–Kier alpha value is -0.120. The van der Waals surface area contributed by atoms with Crippen LogP contribution in [0.2, 0.25) is 0 Å². The summed E-state index contributed by atoms with van der Waals surface area (Å²) in [7, 11) is 2.21. The van der Waals surface area contributed by atoms with E-state index < -0.39 is 0 Å². The molecule has 3 nitrogen and oxygen atoms in total. The van der Waals surface area contributed by atoms with Crippen molar-refractivity contribution in [3.8, 4) is 0 Å². The van der Waals surface area contributed by atoms with Gasteiger partial charge in [0.2, 0.25) is 0 Å². The molecule has 0 bridgehead atoms. The van der Waals surface area contributed by atoms with Gasteiger partial charge in [-0.05, 0) is 38.9 Å². The summed E-state index contributed by atoms with van der Waals surface area (Å²) in [6, 6.07) is 0. The molecule has 0 spiro atoms. The molecule has 2 aliphatic rings. The molecule has 2 heterocycles. The van der Waals surface area contributed by atoms with Crippen molar-refractivity contribution in [2.75, 3.05) is 39.8 Å². The summed E-state index contributed by atoms with van der Waals surface area (Å²) >= 11 is 0. The van der Waals surface area contributed by atoms with Gasteiger partial charge in [-0.2, -0.15) is 0 Å². The van der Waals surface area contributed by atoms with Crippen molar-refractivity contribution in [1.82, 2.24) is 9.80 Å². The number of rotatable bonds is 3. The van der Waals surface area contributed by atoms with Crippen LogP contribution in [0.4, 0.5) is 0 Å². The first-order valence-electron chi connectivity index (χ1n) is 6.34. The Bertz CT molecular complexity index is 219. The molecule has 0 aromatic rings. The topological polar surface area (TPSA) is 32.5 Å². The minimum atomic E-state index is 0.304. The van der Waals surface area contributed by atoms with Gasteiger partial charge in [0.25, 0.3) is 0 Å².